The molecular weight excluding hydrogens is 416 g/mol. The average molecular weight is 451 g/mol. The van der Waals surface area contributed by atoms with E-state index in [1.807, 2.05) is 37.2 Å². The van der Waals surface area contributed by atoms with Gasteiger partial charge >= 0.3 is 0 Å². The number of aromatic nitrogens is 1. The topological polar surface area (TPSA) is 61.6 Å². The number of nitrogens with zero attached hydrogens (tertiary/aromatic N) is 3. The van der Waals surface area contributed by atoms with E-state index < -0.39 is 8.07 Å². The Bertz CT molecular complexity index is 1210. The summed E-state index contributed by atoms with van der Waals surface area (Å²) in [5.41, 5.74) is 4.58. The summed E-state index contributed by atoms with van der Waals surface area (Å²) in [6, 6.07) is 11.3. The third-order valence-electron chi connectivity index (χ3n) is 6.19. The second-order valence-corrected chi connectivity index (χ2v) is 15.9. The zero-order chi connectivity index (χ0) is 23.2. The highest BCUT2D eigenvalue weighted by Gasteiger charge is 2.36. The van der Waals surface area contributed by atoms with Crippen LogP contribution in [0.1, 0.15) is 21.5 Å². The lowest BCUT2D eigenvalue weighted by molar-refractivity contribution is 0.0853. The molecule has 0 saturated carbocycles. The number of benzene rings is 2. The van der Waals surface area contributed by atoms with Crippen LogP contribution in [0.15, 0.2) is 30.3 Å². The van der Waals surface area contributed by atoms with Crippen LogP contribution in [0.4, 0.5) is 0 Å². The van der Waals surface area contributed by atoms with Crippen LogP contribution in [0, 0.1) is 12.3 Å². The Morgan fingerprint density at radius 3 is 2.56 bits per heavy atom. The van der Waals surface area contributed by atoms with Gasteiger partial charge < -0.3 is 14.2 Å². The molecule has 1 aromatic heterocycles. The van der Waals surface area contributed by atoms with Crippen molar-refractivity contribution in [3.63, 3.8) is 0 Å². The standard InChI is InChI=1S/C25H34N4O2Si/c1-17-15-19-22(24(26)28(25(19)30)12-11-27(2)3)21-18-9-7-8-10-20(18)29(23(17)21)16-31-13-14-32(4,5)6/h7-10,15,26H,11-14,16H2,1-6H3. The van der Waals surface area contributed by atoms with Crippen LogP contribution in [0.5, 0.6) is 0 Å². The molecule has 1 N–H and O–H groups in total. The number of amidine groups is 1. The van der Waals surface area contributed by atoms with Gasteiger partial charge in [-0.05, 0) is 44.8 Å². The van der Waals surface area contributed by atoms with Gasteiger partial charge in [0.2, 0.25) is 0 Å². The van der Waals surface area contributed by atoms with E-state index in [2.05, 4.69) is 43.3 Å². The molecule has 170 valence electrons. The summed E-state index contributed by atoms with van der Waals surface area (Å²) in [4.78, 5) is 16.8. The van der Waals surface area contributed by atoms with E-state index in [1.54, 1.807) is 4.90 Å². The molecule has 0 unspecified atom stereocenters. The minimum absolute atomic E-state index is 0.0694. The summed E-state index contributed by atoms with van der Waals surface area (Å²) in [5.74, 6) is 0.236. The number of likely N-dealkylation sites (N-methyl/N-ethyl adjacent to an activating group) is 1. The molecule has 1 aliphatic heterocycles. The van der Waals surface area contributed by atoms with Crippen molar-refractivity contribution in [2.45, 2.75) is 39.3 Å². The lowest BCUT2D eigenvalue weighted by Crippen LogP contribution is -2.35. The highest BCUT2D eigenvalue weighted by atomic mass is 28.3. The van der Waals surface area contributed by atoms with Crippen LogP contribution in [0.25, 0.3) is 21.8 Å². The number of amides is 1. The molecule has 1 aliphatic rings. The number of hydrogen-bond acceptors (Lipinski definition) is 4. The van der Waals surface area contributed by atoms with E-state index in [9.17, 15) is 4.79 Å². The predicted octanol–water partition coefficient (Wildman–Crippen LogP) is 4.76. The number of ether oxygens (including phenoxy) is 1. The fourth-order valence-corrected chi connectivity index (χ4v) is 5.19. The number of para-hydroxylation sites is 1. The molecule has 0 spiro atoms. The average Bonchev–Trinajstić information content (AvgIpc) is 3.16. The maximum absolute atomic E-state index is 13.2. The fourth-order valence-electron chi connectivity index (χ4n) is 4.44. The van der Waals surface area contributed by atoms with Gasteiger partial charge in [-0.15, -0.1) is 0 Å². The third kappa shape index (κ3) is 4.00. The first kappa shape index (κ1) is 22.7. The van der Waals surface area contributed by atoms with Crippen molar-refractivity contribution in [2.24, 2.45) is 0 Å². The molecule has 1 amide bonds. The first-order valence-electron chi connectivity index (χ1n) is 11.3. The molecule has 7 heteroatoms. The summed E-state index contributed by atoms with van der Waals surface area (Å²) in [6.45, 7) is 11.6. The van der Waals surface area contributed by atoms with Crippen LogP contribution in [-0.4, -0.2) is 68.0 Å². The number of nitrogens with one attached hydrogen (secondary N) is 1. The van der Waals surface area contributed by atoms with E-state index in [-0.39, 0.29) is 5.91 Å². The Morgan fingerprint density at radius 1 is 1.16 bits per heavy atom. The predicted molar refractivity (Wildman–Crippen MR) is 135 cm³/mol. The van der Waals surface area contributed by atoms with E-state index in [0.29, 0.717) is 24.7 Å². The molecule has 0 aliphatic carbocycles. The summed E-state index contributed by atoms with van der Waals surface area (Å²) in [6.07, 6.45) is 0. The number of carbonyl (C=O) groups excluding carboxylic acids is 1. The van der Waals surface area contributed by atoms with Gasteiger partial charge in [0.1, 0.15) is 12.6 Å². The monoisotopic (exact) mass is 450 g/mol. The van der Waals surface area contributed by atoms with Crippen molar-refractivity contribution in [2.75, 3.05) is 33.8 Å². The smallest absolute Gasteiger partial charge is 0.260 e. The molecule has 2 heterocycles. The van der Waals surface area contributed by atoms with Crippen LogP contribution >= 0.6 is 0 Å². The van der Waals surface area contributed by atoms with E-state index in [1.165, 1.54) is 0 Å². The maximum atomic E-state index is 13.2. The molecular formula is C25H34N4O2Si. The van der Waals surface area contributed by atoms with Crippen LogP contribution in [0.2, 0.25) is 25.7 Å². The second-order valence-electron chi connectivity index (χ2n) is 10.2. The van der Waals surface area contributed by atoms with Crippen LogP contribution in [-0.2, 0) is 11.5 Å². The molecule has 0 atom stereocenters. The molecule has 6 nitrogen and oxygen atoms in total. The minimum atomic E-state index is -1.16. The molecule has 3 aromatic rings. The van der Waals surface area contributed by atoms with Crippen molar-refractivity contribution in [1.29, 1.82) is 5.41 Å². The maximum Gasteiger partial charge on any atom is 0.260 e. The SMILES string of the molecule is Cc1cc2c(c3c4ccccc4n(COCC[Si](C)(C)C)c13)C(=N)N(CCN(C)C)C2=O. The number of hydrogen-bond donors (Lipinski definition) is 1. The van der Waals surface area contributed by atoms with Gasteiger partial charge in [0.05, 0.1) is 16.6 Å². The van der Waals surface area contributed by atoms with Gasteiger partial charge in [0.25, 0.3) is 5.91 Å². The molecule has 0 radical (unpaired) electrons. The first-order chi connectivity index (χ1) is 15.1. The normalized spacial score (nSPS) is 14.4. The molecule has 4 rings (SSSR count). The lowest BCUT2D eigenvalue weighted by Gasteiger charge is -2.18. The summed E-state index contributed by atoms with van der Waals surface area (Å²) in [5, 5.41) is 11.0. The van der Waals surface area contributed by atoms with E-state index in [4.69, 9.17) is 10.1 Å². The summed E-state index contributed by atoms with van der Waals surface area (Å²) >= 11 is 0. The van der Waals surface area contributed by atoms with E-state index >= 15 is 0 Å². The Morgan fingerprint density at radius 2 is 1.88 bits per heavy atom. The number of rotatable bonds is 8. The number of aryl methyl sites for hydroxylation is 1. The summed E-state index contributed by atoms with van der Waals surface area (Å²) < 4.78 is 8.35. The van der Waals surface area contributed by atoms with E-state index in [0.717, 1.165) is 52.1 Å². The van der Waals surface area contributed by atoms with Gasteiger partial charge in [0, 0.05) is 44.1 Å². The van der Waals surface area contributed by atoms with Gasteiger partial charge in [-0.25, -0.2) is 0 Å². The van der Waals surface area contributed by atoms with Gasteiger partial charge in [0.15, 0.2) is 0 Å². The quantitative estimate of drug-likeness (QED) is 0.398. The second kappa shape index (κ2) is 8.46. The number of fused-ring (bicyclic) bond motifs is 5. The molecule has 2 aromatic carbocycles. The van der Waals surface area contributed by atoms with Crippen LogP contribution in [0.3, 0.4) is 0 Å². The lowest BCUT2D eigenvalue weighted by atomic mass is 9.99. The molecule has 0 saturated heterocycles. The van der Waals surface area contributed by atoms with Crippen molar-refractivity contribution in [3.05, 3.63) is 47.0 Å². The number of carbonyl (C=O) groups is 1. The van der Waals surface area contributed by atoms with Gasteiger partial charge in [-0.2, -0.15) is 0 Å². The summed E-state index contributed by atoms with van der Waals surface area (Å²) in [7, 11) is 2.80. The van der Waals surface area contributed by atoms with Crippen LogP contribution < -0.4 is 0 Å². The Balaban J connectivity index is 1.82. The Kier molecular flexibility index (Phi) is 6.00. The molecule has 32 heavy (non-hydrogen) atoms. The zero-order valence-corrected chi connectivity index (χ0v) is 21.1. The van der Waals surface area contributed by atoms with Crippen molar-refractivity contribution in [3.8, 4) is 0 Å². The zero-order valence-electron chi connectivity index (χ0n) is 20.1. The van der Waals surface area contributed by atoms with Crippen molar-refractivity contribution in [1.82, 2.24) is 14.4 Å². The fraction of sp³-hybridized carbons (Fsp3) is 0.440. The highest BCUT2D eigenvalue weighted by Crippen LogP contribution is 2.39. The van der Waals surface area contributed by atoms with Crippen molar-refractivity contribution < 1.29 is 9.53 Å². The molecule has 0 bridgehead atoms. The largest absolute Gasteiger partial charge is 0.361 e. The van der Waals surface area contributed by atoms with Gasteiger partial charge in [-0.1, -0.05) is 37.8 Å². The minimum Gasteiger partial charge on any atom is -0.361 e. The highest BCUT2D eigenvalue weighted by molar-refractivity contribution is 6.76. The third-order valence-corrected chi connectivity index (χ3v) is 7.90. The van der Waals surface area contributed by atoms with Crippen molar-refractivity contribution >= 4 is 41.6 Å². The molecule has 0 fully saturated rings. The van der Waals surface area contributed by atoms with Gasteiger partial charge in [-0.3, -0.25) is 15.1 Å². The first-order valence-corrected chi connectivity index (χ1v) is 15.0. The Hall–Kier alpha value is -2.48. The Labute approximate surface area is 191 Å².